The van der Waals surface area contributed by atoms with Gasteiger partial charge in [-0.25, -0.2) is 4.98 Å². The Morgan fingerprint density at radius 2 is 2.09 bits per heavy atom. The summed E-state index contributed by atoms with van der Waals surface area (Å²) in [6, 6.07) is 5.17. The number of piperidine rings is 1. The lowest BCUT2D eigenvalue weighted by Crippen LogP contribution is -2.29. The minimum Gasteiger partial charge on any atom is -0.366 e. The van der Waals surface area contributed by atoms with E-state index >= 15 is 0 Å². The molecule has 22 heavy (non-hydrogen) atoms. The number of hydrogen-bond donors (Lipinski definition) is 0. The molecule has 1 fully saturated rings. The van der Waals surface area contributed by atoms with E-state index in [1.165, 1.54) is 30.1 Å². The third-order valence-electron chi connectivity index (χ3n) is 3.62. The lowest BCUT2D eigenvalue weighted by molar-refractivity contribution is -0.384. The predicted molar refractivity (Wildman–Crippen MR) is 82.2 cm³/mol. The highest BCUT2D eigenvalue weighted by atomic mass is 16.6. The molecule has 0 N–H and O–H groups in total. The quantitative estimate of drug-likeness (QED) is 0.490. The van der Waals surface area contributed by atoms with E-state index in [0.717, 1.165) is 25.9 Å². The Morgan fingerprint density at radius 1 is 1.27 bits per heavy atom. The standard InChI is InChI=1S/C14H16N6O2/c21-20(22)14-8-12(9-16-19-11-15-10-17-19)4-5-13(14)18-6-2-1-3-7-18/h4-5,8-11H,1-3,6-7H2. The highest BCUT2D eigenvalue weighted by Crippen LogP contribution is 2.30. The van der Waals surface area contributed by atoms with E-state index in [1.807, 2.05) is 6.07 Å². The average molecular weight is 300 g/mol. The molecule has 1 aliphatic rings. The molecule has 114 valence electrons. The van der Waals surface area contributed by atoms with E-state index in [0.29, 0.717) is 11.3 Å². The largest absolute Gasteiger partial charge is 0.366 e. The number of nitro groups is 1. The van der Waals surface area contributed by atoms with E-state index in [2.05, 4.69) is 20.1 Å². The van der Waals surface area contributed by atoms with Crippen molar-refractivity contribution in [2.45, 2.75) is 19.3 Å². The molecule has 3 rings (SSSR count). The monoisotopic (exact) mass is 300 g/mol. The molecule has 8 heteroatoms. The first-order valence-electron chi connectivity index (χ1n) is 7.16. The van der Waals surface area contributed by atoms with E-state index in [1.54, 1.807) is 12.1 Å². The maximum atomic E-state index is 11.4. The molecule has 1 aromatic carbocycles. The van der Waals surface area contributed by atoms with Gasteiger partial charge in [0.2, 0.25) is 0 Å². The molecule has 0 bridgehead atoms. The van der Waals surface area contributed by atoms with Crippen LogP contribution in [-0.4, -0.2) is 39.1 Å². The maximum Gasteiger partial charge on any atom is 0.293 e. The third-order valence-corrected chi connectivity index (χ3v) is 3.62. The van der Waals surface area contributed by atoms with Crippen LogP contribution < -0.4 is 4.90 Å². The number of hydrogen-bond acceptors (Lipinski definition) is 6. The second kappa shape index (κ2) is 6.33. The van der Waals surface area contributed by atoms with Crippen molar-refractivity contribution in [3.63, 3.8) is 0 Å². The van der Waals surface area contributed by atoms with Gasteiger partial charge in [-0.2, -0.15) is 5.10 Å². The van der Waals surface area contributed by atoms with Gasteiger partial charge >= 0.3 is 0 Å². The zero-order valence-corrected chi connectivity index (χ0v) is 12.0. The molecule has 0 amide bonds. The summed E-state index contributed by atoms with van der Waals surface area (Å²) in [5.74, 6) is 0. The van der Waals surface area contributed by atoms with Crippen molar-refractivity contribution >= 4 is 17.6 Å². The molecule has 1 aromatic heterocycles. The lowest BCUT2D eigenvalue weighted by atomic mass is 10.1. The number of anilines is 1. The minimum absolute atomic E-state index is 0.115. The van der Waals surface area contributed by atoms with Gasteiger partial charge in [0, 0.05) is 24.7 Å². The summed E-state index contributed by atoms with van der Waals surface area (Å²) in [7, 11) is 0. The van der Waals surface area contributed by atoms with Gasteiger partial charge in [-0.15, -0.1) is 9.89 Å². The van der Waals surface area contributed by atoms with Gasteiger partial charge in [0.15, 0.2) is 0 Å². The van der Waals surface area contributed by atoms with Crippen LogP contribution in [0.3, 0.4) is 0 Å². The smallest absolute Gasteiger partial charge is 0.293 e. The Kier molecular flexibility index (Phi) is 4.08. The van der Waals surface area contributed by atoms with E-state index in [4.69, 9.17) is 0 Å². The maximum absolute atomic E-state index is 11.4. The van der Waals surface area contributed by atoms with Crippen LogP contribution in [0.15, 0.2) is 36.0 Å². The van der Waals surface area contributed by atoms with Crippen LogP contribution in [0.5, 0.6) is 0 Å². The third kappa shape index (κ3) is 3.11. The molecular weight excluding hydrogens is 284 g/mol. The van der Waals surface area contributed by atoms with Crippen molar-refractivity contribution in [2.24, 2.45) is 5.10 Å². The first-order chi connectivity index (χ1) is 10.7. The molecule has 0 atom stereocenters. The number of benzene rings is 1. The molecule has 0 spiro atoms. The summed E-state index contributed by atoms with van der Waals surface area (Å²) in [5.41, 5.74) is 1.45. The van der Waals surface area contributed by atoms with Crippen molar-refractivity contribution in [2.75, 3.05) is 18.0 Å². The highest BCUT2D eigenvalue weighted by molar-refractivity contribution is 5.83. The van der Waals surface area contributed by atoms with Crippen LogP contribution in [0, 0.1) is 10.1 Å². The Hall–Kier alpha value is -2.77. The Morgan fingerprint density at radius 3 is 2.77 bits per heavy atom. The molecule has 8 nitrogen and oxygen atoms in total. The number of aromatic nitrogens is 3. The van der Waals surface area contributed by atoms with Crippen LogP contribution in [-0.2, 0) is 0 Å². The van der Waals surface area contributed by atoms with E-state index in [9.17, 15) is 10.1 Å². The van der Waals surface area contributed by atoms with Crippen molar-refractivity contribution in [1.82, 2.24) is 14.9 Å². The van der Waals surface area contributed by atoms with Gasteiger partial charge in [0.25, 0.3) is 5.69 Å². The summed E-state index contributed by atoms with van der Waals surface area (Å²) in [6.45, 7) is 1.74. The van der Waals surface area contributed by atoms with Crippen LogP contribution in [0.4, 0.5) is 11.4 Å². The molecule has 1 saturated heterocycles. The Balaban J connectivity index is 1.88. The Bertz CT molecular complexity index is 677. The zero-order valence-electron chi connectivity index (χ0n) is 12.0. The molecular formula is C14H16N6O2. The Labute approximate surface area is 127 Å². The molecule has 2 aromatic rings. The number of rotatable bonds is 4. The van der Waals surface area contributed by atoms with E-state index < -0.39 is 0 Å². The minimum atomic E-state index is -0.337. The van der Waals surface area contributed by atoms with Gasteiger partial charge in [-0.3, -0.25) is 10.1 Å². The van der Waals surface area contributed by atoms with Crippen LogP contribution in [0.2, 0.25) is 0 Å². The van der Waals surface area contributed by atoms with Gasteiger partial charge in [-0.05, 0) is 25.3 Å². The van der Waals surface area contributed by atoms with Crippen molar-refractivity contribution in [3.05, 3.63) is 46.5 Å². The molecule has 0 saturated carbocycles. The fourth-order valence-corrected chi connectivity index (χ4v) is 2.56. The summed E-state index contributed by atoms with van der Waals surface area (Å²) in [5, 5.41) is 19.3. The lowest BCUT2D eigenvalue weighted by Gasteiger charge is -2.28. The van der Waals surface area contributed by atoms with Crippen molar-refractivity contribution in [3.8, 4) is 0 Å². The van der Waals surface area contributed by atoms with Crippen molar-refractivity contribution in [1.29, 1.82) is 0 Å². The SMILES string of the molecule is O=[N+]([O-])c1cc(C=Nn2cncn2)ccc1N1CCCCC1. The number of nitro benzene ring substituents is 1. The predicted octanol–water partition coefficient (Wildman–Crippen LogP) is 2.06. The van der Waals surface area contributed by atoms with Gasteiger partial charge in [0.1, 0.15) is 18.3 Å². The molecule has 0 unspecified atom stereocenters. The summed E-state index contributed by atoms with van der Waals surface area (Å²) in [4.78, 5) is 18.2. The molecule has 1 aliphatic heterocycles. The number of nitrogens with zero attached hydrogens (tertiary/aromatic N) is 6. The normalized spacial score (nSPS) is 15.4. The second-order valence-corrected chi connectivity index (χ2v) is 5.11. The van der Waals surface area contributed by atoms with Crippen LogP contribution in [0.1, 0.15) is 24.8 Å². The molecule has 2 heterocycles. The van der Waals surface area contributed by atoms with Gasteiger partial charge < -0.3 is 4.90 Å². The summed E-state index contributed by atoms with van der Waals surface area (Å²) in [6.07, 6.45) is 7.69. The van der Waals surface area contributed by atoms with E-state index in [-0.39, 0.29) is 10.6 Å². The average Bonchev–Trinajstić information content (AvgIpc) is 3.07. The highest BCUT2D eigenvalue weighted by Gasteiger charge is 2.21. The van der Waals surface area contributed by atoms with Crippen LogP contribution in [0.25, 0.3) is 0 Å². The molecule has 0 aliphatic carbocycles. The molecule has 0 radical (unpaired) electrons. The first kappa shape index (κ1) is 14.2. The van der Waals surface area contributed by atoms with Crippen molar-refractivity contribution < 1.29 is 4.92 Å². The topological polar surface area (TPSA) is 89.4 Å². The van der Waals surface area contributed by atoms with Gasteiger partial charge in [-0.1, -0.05) is 6.07 Å². The zero-order chi connectivity index (χ0) is 15.4. The summed E-state index contributed by atoms with van der Waals surface area (Å²) < 4.78 is 0. The summed E-state index contributed by atoms with van der Waals surface area (Å²) >= 11 is 0. The van der Waals surface area contributed by atoms with Gasteiger partial charge in [0.05, 0.1) is 11.1 Å². The first-order valence-corrected chi connectivity index (χ1v) is 7.16. The fourth-order valence-electron chi connectivity index (χ4n) is 2.56. The fraction of sp³-hybridized carbons (Fsp3) is 0.357. The van der Waals surface area contributed by atoms with Crippen LogP contribution >= 0.6 is 0 Å². The second-order valence-electron chi connectivity index (χ2n) is 5.11.